The zero-order valence-corrected chi connectivity index (χ0v) is 12.0. The third-order valence-electron chi connectivity index (χ3n) is 3.20. The first-order valence-electron chi connectivity index (χ1n) is 6.96. The highest BCUT2D eigenvalue weighted by Crippen LogP contribution is 2.17. The van der Waals surface area contributed by atoms with Crippen LogP contribution in [0.4, 0.5) is 0 Å². The van der Waals surface area contributed by atoms with Crippen LogP contribution in [0.2, 0.25) is 0 Å². The highest BCUT2D eigenvalue weighted by Gasteiger charge is 2.12. The van der Waals surface area contributed by atoms with Gasteiger partial charge in [0.25, 0.3) is 0 Å². The second kappa shape index (κ2) is 6.53. The van der Waals surface area contributed by atoms with Gasteiger partial charge in [-0.1, -0.05) is 50.2 Å². The number of carboxylic acid groups (broad SMARTS) is 1. The van der Waals surface area contributed by atoms with E-state index in [-0.39, 0.29) is 6.54 Å². The highest BCUT2D eigenvalue weighted by atomic mass is 16.4. The van der Waals surface area contributed by atoms with Crippen LogP contribution in [0.3, 0.4) is 0 Å². The van der Waals surface area contributed by atoms with E-state index in [0.29, 0.717) is 12.5 Å². The van der Waals surface area contributed by atoms with Crippen molar-refractivity contribution >= 4 is 16.7 Å². The minimum absolute atomic E-state index is 0.0883. The van der Waals surface area contributed by atoms with Gasteiger partial charge in [0.15, 0.2) is 0 Å². The van der Waals surface area contributed by atoms with Crippen molar-refractivity contribution in [2.75, 3.05) is 13.1 Å². The first-order valence-corrected chi connectivity index (χ1v) is 6.96. The summed E-state index contributed by atoms with van der Waals surface area (Å²) in [6.07, 6.45) is 0. The lowest BCUT2D eigenvalue weighted by Gasteiger charge is -2.22. The maximum absolute atomic E-state index is 11.0. The molecule has 2 aromatic rings. The predicted molar refractivity (Wildman–Crippen MR) is 81.7 cm³/mol. The number of benzene rings is 2. The summed E-state index contributed by atoms with van der Waals surface area (Å²) in [7, 11) is 0. The quantitative estimate of drug-likeness (QED) is 0.875. The summed E-state index contributed by atoms with van der Waals surface area (Å²) in [5, 5.41) is 11.4. The van der Waals surface area contributed by atoms with Gasteiger partial charge in [-0.25, -0.2) is 0 Å². The molecule has 3 heteroatoms. The molecular weight excluding hydrogens is 250 g/mol. The molecule has 0 radical (unpaired) electrons. The molecule has 0 saturated carbocycles. The first kappa shape index (κ1) is 14.5. The van der Waals surface area contributed by atoms with Gasteiger partial charge in [-0.2, -0.15) is 0 Å². The fraction of sp³-hybridized carbons (Fsp3) is 0.353. The molecule has 3 nitrogen and oxygen atoms in total. The summed E-state index contributed by atoms with van der Waals surface area (Å²) in [4.78, 5) is 12.9. The van der Waals surface area contributed by atoms with E-state index < -0.39 is 5.97 Å². The van der Waals surface area contributed by atoms with Gasteiger partial charge in [0.2, 0.25) is 0 Å². The summed E-state index contributed by atoms with van der Waals surface area (Å²) in [5.41, 5.74) is 1.16. The summed E-state index contributed by atoms with van der Waals surface area (Å²) in [6.45, 7) is 5.77. The molecule has 0 aliphatic heterocycles. The summed E-state index contributed by atoms with van der Waals surface area (Å²) in [6, 6.07) is 14.5. The Hall–Kier alpha value is -1.87. The minimum atomic E-state index is -0.772. The molecule has 0 unspecified atom stereocenters. The number of aliphatic carboxylic acids is 1. The molecule has 0 aromatic heterocycles. The van der Waals surface area contributed by atoms with E-state index in [0.717, 1.165) is 12.1 Å². The Labute approximate surface area is 119 Å². The number of carbonyl (C=O) groups is 1. The molecule has 106 valence electrons. The van der Waals surface area contributed by atoms with Crippen molar-refractivity contribution in [1.82, 2.24) is 4.90 Å². The maximum Gasteiger partial charge on any atom is 0.317 e. The van der Waals surface area contributed by atoms with Gasteiger partial charge in [-0.05, 0) is 28.3 Å². The van der Waals surface area contributed by atoms with Crippen LogP contribution in [0.15, 0.2) is 42.5 Å². The van der Waals surface area contributed by atoms with E-state index in [2.05, 4.69) is 44.2 Å². The van der Waals surface area contributed by atoms with Crippen molar-refractivity contribution in [3.8, 4) is 0 Å². The number of carboxylic acids is 1. The monoisotopic (exact) mass is 271 g/mol. The maximum atomic E-state index is 11.0. The molecule has 0 fully saturated rings. The summed E-state index contributed by atoms with van der Waals surface area (Å²) >= 11 is 0. The molecule has 20 heavy (non-hydrogen) atoms. The minimum Gasteiger partial charge on any atom is -0.480 e. The number of nitrogens with zero attached hydrogens (tertiary/aromatic N) is 1. The van der Waals surface area contributed by atoms with Crippen LogP contribution in [-0.4, -0.2) is 29.1 Å². The van der Waals surface area contributed by atoms with E-state index in [9.17, 15) is 4.79 Å². The van der Waals surface area contributed by atoms with Crippen molar-refractivity contribution < 1.29 is 9.90 Å². The van der Waals surface area contributed by atoms with E-state index >= 15 is 0 Å². The Morgan fingerprint density at radius 1 is 1.15 bits per heavy atom. The Bertz CT molecular complexity index is 592. The highest BCUT2D eigenvalue weighted by molar-refractivity contribution is 5.83. The number of rotatable bonds is 6. The molecule has 0 saturated heterocycles. The SMILES string of the molecule is CC(C)CN(CC(=O)O)Cc1ccc2ccccc2c1. The third-order valence-corrected chi connectivity index (χ3v) is 3.20. The average Bonchev–Trinajstić information content (AvgIpc) is 2.37. The second-order valence-corrected chi connectivity index (χ2v) is 5.64. The van der Waals surface area contributed by atoms with Gasteiger partial charge in [0, 0.05) is 13.1 Å². The topological polar surface area (TPSA) is 40.5 Å². The normalized spacial score (nSPS) is 11.4. The fourth-order valence-corrected chi connectivity index (χ4v) is 2.49. The standard InChI is InChI=1S/C17H21NO2/c1-13(2)10-18(12-17(19)20)11-14-7-8-15-5-3-4-6-16(15)9-14/h3-9,13H,10-12H2,1-2H3,(H,19,20). The molecule has 0 bridgehead atoms. The summed E-state index contributed by atoms with van der Waals surface area (Å²) < 4.78 is 0. The van der Waals surface area contributed by atoms with Gasteiger partial charge in [-0.15, -0.1) is 0 Å². The number of hydrogen-bond donors (Lipinski definition) is 1. The van der Waals surface area contributed by atoms with Gasteiger partial charge in [0.05, 0.1) is 6.54 Å². The molecule has 0 aliphatic carbocycles. The second-order valence-electron chi connectivity index (χ2n) is 5.64. The molecule has 0 atom stereocenters. The van der Waals surface area contributed by atoms with Crippen molar-refractivity contribution in [3.63, 3.8) is 0 Å². The van der Waals surface area contributed by atoms with Crippen LogP contribution in [0.1, 0.15) is 19.4 Å². The van der Waals surface area contributed by atoms with Crippen LogP contribution in [0.25, 0.3) is 10.8 Å². The van der Waals surface area contributed by atoms with E-state index in [1.54, 1.807) is 0 Å². The summed E-state index contributed by atoms with van der Waals surface area (Å²) in [5.74, 6) is -0.318. The molecule has 2 rings (SSSR count). The lowest BCUT2D eigenvalue weighted by atomic mass is 10.1. The van der Waals surface area contributed by atoms with Crippen LogP contribution in [0.5, 0.6) is 0 Å². The molecule has 0 aliphatic rings. The Morgan fingerprint density at radius 2 is 1.85 bits per heavy atom. The zero-order chi connectivity index (χ0) is 14.5. The molecule has 1 N–H and O–H groups in total. The first-order chi connectivity index (χ1) is 9.54. The van der Waals surface area contributed by atoms with Crippen LogP contribution in [0, 0.1) is 5.92 Å². The third kappa shape index (κ3) is 4.07. The Morgan fingerprint density at radius 3 is 2.50 bits per heavy atom. The van der Waals surface area contributed by atoms with E-state index in [1.165, 1.54) is 10.8 Å². The largest absolute Gasteiger partial charge is 0.480 e. The van der Waals surface area contributed by atoms with Gasteiger partial charge in [-0.3, -0.25) is 9.69 Å². The van der Waals surface area contributed by atoms with Crippen molar-refractivity contribution in [1.29, 1.82) is 0 Å². The zero-order valence-electron chi connectivity index (χ0n) is 12.0. The van der Waals surface area contributed by atoms with E-state index in [4.69, 9.17) is 5.11 Å². The van der Waals surface area contributed by atoms with Gasteiger partial charge < -0.3 is 5.11 Å². The van der Waals surface area contributed by atoms with Crippen molar-refractivity contribution in [2.45, 2.75) is 20.4 Å². The fourth-order valence-electron chi connectivity index (χ4n) is 2.49. The van der Waals surface area contributed by atoms with Crippen molar-refractivity contribution in [3.05, 3.63) is 48.0 Å². The molecule has 0 spiro atoms. The smallest absolute Gasteiger partial charge is 0.317 e. The molecule has 0 amide bonds. The van der Waals surface area contributed by atoms with Crippen LogP contribution >= 0.6 is 0 Å². The lowest BCUT2D eigenvalue weighted by Crippen LogP contribution is -2.32. The van der Waals surface area contributed by atoms with Crippen molar-refractivity contribution in [2.24, 2.45) is 5.92 Å². The Kier molecular flexibility index (Phi) is 4.74. The Balaban J connectivity index is 2.16. The molecule has 0 heterocycles. The van der Waals surface area contributed by atoms with Gasteiger partial charge in [0.1, 0.15) is 0 Å². The van der Waals surface area contributed by atoms with Crippen LogP contribution in [-0.2, 0) is 11.3 Å². The number of fused-ring (bicyclic) bond motifs is 1. The molecule has 2 aromatic carbocycles. The van der Waals surface area contributed by atoms with Crippen LogP contribution < -0.4 is 0 Å². The lowest BCUT2D eigenvalue weighted by molar-refractivity contribution is -0.138. The van der Waals surface area contributed by atoms with Gasteiger partial charge >= 0.3 is 5.97 Å². The average molecular weight is 271 g/mol. The van der Waals surface area contributed by atoms with E-state index in [1.807, 2.05) is 17.0 Å². The predicted octanol–water partition coefficient (Wildman–Crippen LogP) is 3.38. The number of hydrogen-bond acceptors (Lipinski definition) is 2. The molecular formula is C17H21NO2.